The van der Waals surface area contributed by atoms with E-state index in [1.807, 2.05) is 18.2 Å². The van der Waals surface area contributed by atoms with Crippen molar-refractivity contribution in [2.24, 2.45) is 5.92 Å². The molecular weight excluding hydrogens is 286 g/mol. The Morgan fingerprint density at radius 3 is 3.10 bits per heavy atom. The van der Waals surface area contributed by atoms with Crippen LogP contribution in [0.25, 0.3) is 20.8 Å². The lowest BCUT2D eigenvalue weighted by Gasteiger charge is -2.07. The van der Waals surface area contributed by atoms with Gasteiger partial charge >= 0.3 is 0 Å². The molecule has 3 heterocycles. The third-order valence-corrected chi connectivity index (χ3v) is 4.95. The molecule has 5 N–H and O–H groups in total. The van der Waals surface area contributed by atoms with Crippen LogP contribution in [0.1, 0.15) is 6.42 Å². The average molecular weight is 301 g/mol. The molecule has 0 aliphatic heterocycles. The number of H-pyrrole nitrogens is 1. The number of rotatable bonds is 4. The zero-order chi connectivity index (χ0) is 14.4. The largest absolute Gasteiger partial charge is 0.396 e. The molecule has 1 saturated carbocycles. The number of nitrogens with zero attached hydrogens (tertiary/aromatic N) is 2. The molecular formula is C14H15N5OS. The summed E-state index contributed by atoms with van der Waals surface area (Å²) in [5.74, 6) is 0.849. The summed E-state index contributed by atoms with van der Waals surface area (Å²) in [5, 5.41) is 19.6. The number of nitrogens with two attached hydrogens (primary N) is 1. The van der Waals surface area contributed by atoms with E-state index in [1.165, 1.54) is 0 Å². The van der Waals surface area contributed by atoms with Gasteiger partial charge in [0, 0.05) is 30.8 Å². The highest BCUT2D eigenvalue weighted by Crippen LogP contribution is 2.40. The second-order valence-corrected chi connectivity index (χ2v) is 6.37. The molecule has 2 atom stereocenters. The highest BCUT2D eigenvalue weighted by molar-refractivity contribution is 7.22. The number of hydrogen-bond acceptors (Lipinski definition) is 6. The standard InChI is InChI=1S/C14H15N5OS/c15-13-5-11(17-9-3-7(9)6-20)14-10(18-13)4-12(21-14)8-1-2-16-19-8/h1-2,4-5,7,9,20H,3,6H2,(H,16,19)(H3,15,17,18)/t7-,9?/m0/s1. The number of nitrogen functional groups attached to an aromatic ring is 1. The van der Waals surface area contributed by atoms with Gasteiger partial charge in [0.1, 0.15) is 5.82 Å². The topological polar surface area (TPSA) is 99.9 Å². The van der Waals surface area contributed by atoms with Gasteiger partial charge < -0.3 is 16.2 Å². The molecule has 0 amide bonds. The Hall–Kier alpha value is -2.12. The summed E-state index contributed by atoms with van der Waals surface area (Å²) in [6.45, 7) is 0.227. The molecule has 4 rings (SSSR count). The number of pyridine rings is 1. The number of aliphatic hydroxyl groups excluding tert-OH is 1. The van der Waals surface area contributed by atoms with Crippen LogP contribution in [0.4, 0.5) is 11.5 Å². The molecule has 0 radical (unpaired) electrons. The van der Waals surface area contributed by atoms with Crippen LogP contribution >= 0.6 is 11.3 Å². The van der Waals surface area contributed by atoms with Gasteiger partial charge in [-0.25, -0.2) is 4.98 Å². The molecule has 1 aliphatic rings. The fourth-order valence-electron chi connectivity index (χ4n) is 2.50. The van der Waals surface area contributed by atoms with E-state index in [0.717, 1.165) is 32.9 Å². The number of thiophene rings is 1. The Labute approximate surface area is 125 Å². The molecule has 1 unspecified atom stereocenters. The van der Waals surface area contributed by atoms with Gasteiger partial charge in [0.25, 0.3) is 0 Å². The first-order chi connectivity index (χ1) is 10.2. The van der Waals surface area contributed by atoms with Crippen molar-refractivity contribution in [1.82, 2.24) is 15.2 Å². The quantitative estimate of drug-likeness (QED) is 0.591. The van der Waals surface area contributed by atoms with E-state index in [-0.39, 0.29) is 6.61 Å². The Kier molecular flexibility index (Phi) is 2.83. The molecule has 6 nitrogen and oxygen atoms in total. The highest BCUT2D eigenvalue weighted by atomic mass is 32.1. The maximum Gasteiger partial charge on any atom is 0.126 e. The summed E-state index contributed by atoms with van der Waals surface area (Å²) in [6, 6.07) is 6.15. The van der Waals surface area contributed by atoms with Gasteiger partial charge in [0.05, 0.1) is 26.5 Å². The number of aromatic nitrogens is 3. The molecule has 7 heteroatoms. The normalized spacial score (nSPS) is 20.8. The summed E-state index contributed by atoms with van der Waals surface area (Å²) in [4.78, 5) is 5.48. The predicted molar refractivity (Wildman–Crippen MR) is 84.2 cm³/mol. The van der Waals surface area contributed by atoms with E-state index < -0.39 is 0 Å². The van der Waals surface area contributed by atoms with E-state index in [4.69, 9.17) is 10.8 Å². The third kappa shape index (κ3) is 2.24. The minimum Gasteiger partial charge on any atom is -0.396 e. The van der Waals surface area contributed by atoms with Crippen molar-refractivity contribution in [3.05, 3.63) is 24.4 Å². The van der Waals surface area contributed by atoms with Crippen LogP contribution < -0.4 is 11.1 Å². The zero-order valence-electron chi connectivity index (χ0n) is 11.2. The van der Waals surface area contributed by atoms with Gasteiger partial charge in [0.15, 0.2) is 0 Å². The fraction of sp³-hybridized carbons (Fsp3) is 0.286. The van der Waals surface area contributed by atoms with Gasteiger partial charge in [-0.15, -0.1) is 11.3 Å². The lowest BCUT2D eigenvalue weighted by Crippen LogP contribution is -2.07. The lowest BCUT2D eigenvalue weighted by atomic mass is 10.3. The second kappa shape index (κ2) is 4.71. The van der Waals surface area contributed by atoms with Crippen molar-refractivity contribution in [2.45, 2.75) is 12.5 Å². The summed E-state index contributed by atoms with van der Waals surface area (Å²) in [5.41, 5.74) is 8.75. The van der Waals surface area contributed by atoms with Crippen molar-refractivity contribution in [3.63, 3.8) is 0 Å². The van der Waals surface area contributed by atoms with Crippen LogP contribution in [0.15, 0.2) is 24.4 Å². The third-order valence-electron chi connectivity index (χ3n) is 3.76. The van der Waals surface area contributed by atoms with Crippen LogP contribution in [0.2, 0.25) is 0 Å². The first-order valence-electron chi connectivity index (χ1n) is 6.82. The van der Waals surface area contributed by atoms with E-state index in [0.29, 0.717) is 17.8 Å². The van der Waals surface area contributed by atoms with Gasteiger partial charge in [0.2, 0.25) is 0 Å². The molecule has 1 fully saturated rings. The Bertz CT molecular complexity index is 782. The van der Waals surface area contributed by atoms with Crippen LogP contribution in [0, 0.1) is 5.92 Å². The molecule has 21 heavy (non-hydrogen) atoms. The van der Waals surface area contributed by atoms with Crippen LogP contribution in [0.5, 0.6) is 0 Å². The number of hydrogen-bond donors (Lipinski definition) is 4. The summed E-state index contributed by atoms with van der Waals surface area (Å²) < 4.78 is 1.08. The molecule has 0 aromatic carbocycles. The average Bonchev–Trinajstić information content (AvgIpc) is 2.90. The fourth-order valence-corrected chi connectivity index (χ4v) is 3.55. The van der Waals surface area contributed by atoms with Gasteiger partial charge in [-0.3, -0.25) is 5.10 Å². The smallest absolute Gasteiger partial charge is 0.126 e. The minimum atomic E-state index is 0.227. The Morgan fingerprint density at radius 1 is 1.48 bits per heavy atom. The summed E-state index contributed by atoms with van der Waals surface area (Å²) in [6.07, 6.45) is 2.73. The van der Waals surface area contributed by atoms with Crippen LogP contribution in [0.3, 0.4) is 0 Å². The molecule has 108 valence electrons. The number of anilines is 2. The maximum atomic E-state index is 9.17. The maximum absolute atomic E-state index is 9.17. The molecule has 1 aliphatic carbocycles. The second-order valence-electron chi connectivity index (χ2n) is 5.32. The summed E-state index contributed by atoms with van der Waals surface area (Å²) in [7, 11) is 0. The molecule has 3 aromatic heterocycles. The summed E-state index contributed by atoms with van der Waals surface area (Å²) >= 11 is 1.65. The van der Waals surface area contributed by atoms with Gasteiger partial charge in [-0.05, 0) is 18.6 Å². The van der Waals surface area contributed by atoms with Crippen LogP contribution in [-0.2, 0) is 0 Å². The van der Waals surface area contributed by atoms with Gasteiger partial charge in [-0.2, -0.15) is 5.10 Å². The highest BCUT2D eigenvalue weighted by Gasteiger charge is 2.36. The predicted octanol–water partition coefficient (Wildman–Crippen LogP) is 2.06. The van der Waals surface area contributed by atoms with Crippen LogP contribution in [-0.4, -0.2) is 32.9 Å². The SMILES string of the molecule is Nc1cc(NC2C[C@H]2CO)c2sc(-c3ccn[nH]3)cc2n1. The van der Waals surface area contributed by atoms with E-state index in [9.17, 15) is 0 Å². The number of nitrogens with one attached hydrogen (secondary N) is 2. The first kappa shape index (κ1) is 12.6. The van der Waals surface area contributed by atoms with E-state index in [2.05, 4.69) is 20.5 Å². The van der Waals surface area contributed by atoms with Crippen molar-refractivity contribution in [1.29, 1.82) is 0 Å². The number of aromatic amines is 1. The molecule has 0 bridgehead atoms. The number of aliphatic hydroxyl groups is 1. The van der Waals surface area contributed by atoms with E-state index >= 15 is 0 Å². The Morgan fingerprint density at radius 2 is 2.38 bits per heavy atom. The zero-order valence-corrected chi connectivity index (χ0v) is 12.0. The molecule has 0 saturated heterocycles. The number of fused-ring (bicyclic) bond motifs is 1. The van der Waals surface area contributed by atoms with Gasteiger partial charge in [-0.1, -0.05) is 0 Å². The van der Waals surface area contributed by atoms with E-state index in [1.54, 1.807) is 17.5 Å². The van der Waals surface area contributed by atoms with Crippen molar-refractivity contribution >= 4 is 33.1 Å². The first-order valence-corrected chi connectivity index (χ1v) is 7.63. The van der Waals surface area contributed by atoms with Crippen molar-refractivity contribution in [3.8, 4) is 10.6 Å². The molecule has 0 spiro atoms. The Balaban J connectivity index is 1.75. The van der Waals surface area contributed by atoms with Crippen molar-refractivity contribution in [2.75, 3.05) is 17.7 Å². The van der Waals surface area contributed by atoms with Crippen molar-refractivity contribution < 1.29 is 5.11 Å². The minimum absolute atomic E-state index is 0.227. The monoisotopic (exact) mass is 301 g/mol. The molecule has 3 aromatic rings. The lowest BCUT2D eigenvalue weighted by molar-refractivity contribution is 0.275.